The van der Waals surface area contributed by atoms with Crippen molar-refractivity contribution in [1.29, 1.82) is 0 Å². The van der Waals surface area contributed by atoms with E-state index in [1.807, 2.05) is 0 Å². The van der Waals surface area contributed by atoms with Crippen LogP contribution in [0.1, 0.15) is 30.1 Å². The fourth-order valence-electron chi connectivity index (χ4n) is 3.29. The van der Waals surface area contributed by atoms with E-state index in [1.54, 1.807) is 29.1 Å². The molecular weight excluding hydrogens is 322 g/mol. The average molecular weight is 343 g/mol. The summed E-state index contributed by atoms with van der Waals surface area (Å²) in [5, 5.41) is 14.3. The van der Waals surface area contributed by atoms with Gasteiger partial charge in [-0.2, -0.15) is 0 Å². The van der Waals surface area contributed by atoms with E-state index in [-0.39, 0.29) is 17.2 Å². The van der Waals surface area contributed by atoms with Gasteiger partial charge in [0.05, 0.1) is 11.3 Å². The number of nitrogens with one attached hydrogen (secondary N) is 1. The second-order valence-corrected chi connectivity index (χ2v) is 6.07. The molecule has 0 radical (unpaired) electrons. The topological polar surface area (TPSA) is 93.3 Å². The minimum Gasteiger partial charge on any atom is -0.350 e. The highest BCUT2D eigenvalue weighted by molar-refractivity contribution is 5.95. The lowest BCUT2D eigenvalue weighted by Gasteiger charge is -2.22. The molecule has 1 aromatic heterocycles. The molecular formula is C17H21N5O3. The summed E-state index contributed by atoms with van der Waals surface area (Å²) in [5.41, 5.74) is 0.547. The van der Waals surface area contributed by atoms with Crippen LogP contribution in [0.3, 0.4) is 0 Å². The third kappa shape index (κ3) is 3.69. The number of likely N-dealkylation sites (tertiary alicyclic amines) is 1. The smallest absolute Gasteiger partial charge is 0.294 e. The lowest BCUT2D eigenvalue weighted by atomic mass is 10.1. The molecule has 1 saturated heterocycles. The maximum Gasteiger partial charge on any atom is 0.294 e. The Morgan fingerprint density at radius 1 is 1.48 bits per heavy atom. The number of likely N-dealkylation sites (N-methyl/N-ethyl adjacent to an activating group) is 1. The van der Waals surface area contributed by atoms with Gasteiger partial charge in [-0.3, -0.25) is 19.8 Å². The van der Waals surface area contributed by atoms with Gasteiger partial charge in [-0.1, -0.05) is 6.92 Å². The van der Waals surface area contributed by atoms with Crippen LogP contribution in [0.5, 0.6) is 0 Å². The van der Waals surface area contributed by atoms with Gasteiger partial charge in [-0.05, 0) is 38.1 Å². The first-order chi connectivity index (χ1) is 12.1. The van der Waals surface area contributed by atoms with E-state index < -0.39 is 4.92 Å². The Hall–Kier alpha value is -2.74. The van der Waals surface area contributed by atoms with Crippen molar-refractivity contribution in [3.63, 3.8) is 0 Å². The summed E-state index contributed by atoms with van der Waals surface area (Å²) in [6, 6.07) is 4.83. The molecule has 1 aromatic carbocycles. The van der Waals surface area contributed by atoms with Crippen LogP contribution in [-0.2, 0) is 0 Å². The summed E-state index contributed by atoms with van der Waals surface area (Å²) in [4.78, 5) is 29.5. The number of imidazole rings is 1. The van der Waals surface area contributed by atoms with E-state index in [4.69, 9.17) is 0 Å². The van der Waals surface area contributed by atoms with Gasteiger partial charge in [0.25, 0.3) is 11.6 Å². The first kappa shape index (κ1) is 17.1. The quantitative estimate of drug-likeness (QED) is 0.639. The molecule has 2 aromatic rings. The van der Waals surface area contributed by atoms with Gasteiger partial charge in [0.15, 0.2) is 0 Å². The van der Waals surface area contributed by atoms with Crippen molar-refractivity contribution in [3.05, 3.63) is 52.6 Å². The molecule has 8 nitrogen and oxygen atoms in total. The number of nitro benzene ring substituents is 1. The summed E-state index contributed by atoms with van der Waals surface area (Å²) in [6.45, 7) is 4.69. The highest BCUT2D eigenvalue weighted by Crippen LogP contribution is 2.24. The molecule has 3 rings (SSSR count). The van der Waals surface area contributed by atoms with Crippen LogP contribution in [0.2, 0.25) is 0 Å². The molecule has 0 spiro atoms. The van der Waals surface area contributed by atoms with E-state index in [1.165, 1.54) is 12.4 Å². The Balaban J connectivity index is 1.74. The monoisotopic (exact) mass is 343 g/mol. The number of benzene rings is 1. The van der Waals surface area contributed by atoms with Crippen molar-refractivity contribution in [2.24, 2.45) is 0 Å². The number of aromatic nitrogens is 2. The first-order valence-corrected chi connectivity index (χ1v) is 8.39. The van der Waals surface area contributed by atoms with Gasteiger partial charge in [0.1, 0.15) is 5.69 Å². The zero-order valence-electron chi connectivity index (χ0n) is 14.1. The molecule has 1 fully saturated rings. The summed E-state index contributed by atoms with van der Waals surface area (Å²) < 4.78 is 1.55. The molecule has 25 heavy (non-hydrogen) atoms. The number of nitrogens with zero attached hydrogens (tertiary/aromatic N) is 4. The predicted molar refractivity (Wildman–Crippen MR) is 92.8 cm³/mol. The molecule has 0 aliphatic carbocycles. The minimum absolute atomic E-state index is 0.123. The zero-order valence-corrected chi connectivity index (χ0v) is 14.1. The molecule has 132 valence electrons. The standard InChI is InChI=1S/C17H21N5O3/c1-2-20-8-3-4-14(20)11-19-17(23)13-5-6-15(16(10-13)22(24)25)21-9-7-18-12-21/h5-7,9-10,12,14H,2-4,8,11H2,1H3,(H,19,23). The van der Waals surface area contributed by atoms with Gasteiger partial charge in [0, 0.05) is 36.6 Å². The molecule has 1 aliphatic heterocycles. The van der Waals surface area contributed by atoms with E-state index in [2.05, 4.69) is 22.1 Å². The molecule has 1 unspecified atom stereocenters. The maximum absolute atomic E-state index is 12.4. The third-order valence-electron chi connectivity index (χ3n) is 4.62. The third-order valence-corrected chi connectivity index (χ3v) is 4.62. The van der Waals surface area contributed by atoms with Crippen LogP contribution in [0, 0.1) is 10.1 Å². The summed E-state index contributed by atoms with van der Waals surface area (Å²) in [7, 11) is 0. The summed E-state index contributed by atoms with van der Waals surface area (Å²) >= 11 is 0. The van der Waals surface area contributed by atoms with Crippen LogP contribution in [0.15, 0.2) is 36.9 Å². The van der Waals surface area contributed by atoms with E-state index >= 15 is 0 Å². The van der Waals surface area contributed by atoms with Gasteiger partial charge < -0.3 is 9.88 Å². The Labute approximate surface area is 145 Å². The zero-order chi connectivity index (χ0) is 17.8. The van der Waals surface area contributed by atoms with Crippen molar-refractivity contribution in [3.8, 4) is 5.69 Å². The van der Waals surface area contributed by atoms with Crippen molar-refractivity contribution in [2.75, 3.05) is 19.6 Å². The van der Waals surface area contributed by atoms with E-state index in [0.29, 0.717) is 18.3 Å². The van der Waals surface area contributed by atoms with Crippen molar-refractivity contribution in [1.82, 2.24) is 19.8 Å². The molecule has 0 saturated carbocycles. The summed E-state index contributed by atoms with van der Waals surface area (Å²) in [5.74, 6) is -0.289. The Morgan fingerprint density at radius 2 is 2.32 bits per heavy atom. The normalized spacial score (nSPS) is 17.6. The van der Waals surface area contributed by atoms with Crippen LogP contribution in [0.25, 0.3) is 5.69 Å². The van der Waals surface area contributed by atoms with Crippen LogP contribution < -0.4 is 5.32 Å². The largest absolute Gasteiger partial charge is 0.350 e. The Morgan fingerprint density at radius 3 is 3.00 bits per heavy atom. The number of hydrogen-bond acceptors (Lipinski definition) is 5. The first-order valence-electron chi connectivity index (χ1n) is 8.39. The number of nitro groups is 1. The minimum atomic E-state index is -0.484. The predicted octanol–water partition coefficient (Wildman–Crippen LogP) is 1.99. The molecule has 1 N–H and O–H groups in total. The molecule has 1 atom stereocenters. The highest BCUT2D eigenvalue weighted by atomic mass is 16.6. The second-order valence-electron chi connectivity index (χ2n) is 6.07. The van der Waals surface area contributed by atoms with Crippen molar-refractivity contribution in [2.45, 2.75) is 25.8 Å². The number of rotatable bonds is 6. The van der Waals surface area contributed by atoms with Crippen molar-refractivity contribution >= 4 is 11.6 Å². The molecule has 0 bridgehead atoms. The molecule has 1 aliphatic rings. The Kier molecular flexibility index (Phi) is 5.08. The molecule has 2 heterocycles. The molecule has 1 amide bonds. The van der Waals surface area contributed by atoms with E-state index in [9.17, 15) is 14.9 Å². The van der Waals surface area contributed by atoms with Gasteiger partial charge in [0.2, 0.25) is 0 Å². The van der Waals surface area contributed by atoms with Gasteiger partial charge in [-0.25, -0.2) is 4.98 Å². The van der Waals surface area contributed by atoms with Crippen LogP contribution >= 0.6 is 0 Å². The van der Waals surface area contributed by atoms with Crippen LogP contribution in [0.4, 0.5) is 5.69 Å². The second kappa shape index (κ2) is 7.43. The van der Waals surface area contributed by atoms with Crippen LogP contribution in [-0.4, -0.2) is 51.0 Å². The van der Waals surface area contributed by atoms with Gasteiger partial charge in [-0.15, -0.1) is 0 Å². The van der Waals surface area contributed by atoms with Gasteiger partial charge >= 0.3 is 0 Å². The van der Waals surface area contributed by atoms with E-state index in [0.717, 1.165) is 25.9 Å². The molecule has 8 heteroatoms. The highest BCUT2D eigenvalue weighted by Gasteiger charge is 2.24. The number of amides is 1. The fraction of sp³-hybridized carbons (Fsp3) is 0.412. The summed E-state index contributed by atoms with van der Waals surface area (Å²) in [6.07, 6.45) is 6.86. The lowest BCUT2D eigenvalue weighted by molar-refractivity contribution is -0.384. The van der Waals surface area contributed by atoms with Crippen molar-refractivity contribution < 1.29 is 9.72 Å². The average Bonchev–Trinajstić information content (AvgIpc) is 3.30. The number of carbonyl (C=O) groups is 1. The lowest BCUT2D eigenvalue weighted by Crippen LogP contribution is -2.40. The fourth-order valence-corrected chi connectivity index (χ4v) is 3.29. The number of hydrogen-bond donors (Lipinski definition) is 1. The maximum atomic E-state index is 12.4. The Bertz CT molecular complexity index is 760. The number of carbonyl (C=O) groups excluding carboxylic acids is 1. The SMILES string of the molecule is CCN1CCCC1CNC(=O)c1ccc(-n2ccnc2)c([N+](=O)[O-])c1.